The van der Waals surface area contributed by atoms with Crippen LogP contribution < -0.4 is 10.0 Å². The van der Waals surface area contributed by atoms with Gasteiger partial charge < -0.3 is 5.32 Å². The Morgan fingerprint density at radius 3 is 2.12 bits per heavy atom. The smallest absolute Gasteiger partial charge is 0.279 e. The van der Waals surface area contributed by atoms with Gasteiger partial charge in [0, 0.05) is 25.7 Å². The van der Waals surface area contributed by atoms with Crippen LogP contribution in [0.4, 0.5) is 0 Å². The highest BCUT2D eigenvalue weighted by molar-refractivity contribution is 7.87. The van der Waals surface area contributed by atoms with Gasteiger partial charge in [-0.3, -0.25) is 0 Å². The van der Waals surface area contributed by atoms with E-state index in [0.717, 1.165) is 13.0 Å². The van der Waals surface area contributed by atoms with Crippen molar-refractivity contribution in [3.8, 4) is 0 Å². The van der Waals surface area contributed by atoms with Gasteiger partial charge in [-0.2, -0.15) is 12.7 Å². The molecule has 0 amide bonds. The minimum atomic E-state index is -3.27. The molecule has 0 saturated carbocycles. The molecule has 0 heterocycles. The zero-order valence-corrected chi connectivity index (χ0v) is 11.6. The Hall–Kier alpha value is -0.170. The molecular formula is C10H25N3O2S. The zero-order valence-electron chi connectivity index (χ0n) is 10.8. The second-order valence-corrected chi connectivity index (χ2v) is 5.70. The van der Waals surface area contributed by atoms with Crippen molar-refractivity contribution >= 4 is 10.2 Å². The van der Waals surface area contributed by atoms with Crippen LogP contribution in [-0.4, -0.2) is 44.9 Å². The Labute approximate surface area is 99.8 Å². The van der Waals surface area contributed by atoms with E-state index in [1.807, 2.05) is 13.8 Å². The van der Waals surface area contributed by atoms with Crippen LogP contribution in [0.2, 0.25) is 0 Å². The first-order valence-corrected chi connectivity index (χ1v) is 7.36. The number of hydrogen-bond acceptors (Lipinski definition) is 3. The van der Waals surface area contributed by atoms with Crippen LogP contribution >= 0.6 is 0 Å². The molecule has 0 aliphatic rings. The van der Waals surface area contributed by atoms with Crippen molar-refractivity contribution in [1.29, 1.82) is 0 Å². The average Bonchev–Trinajstić information content (AvgIpc) is 2.17. The molecular weight excluding hydrogens is 226 g/mol. The van der Waals surface area contributed by atoms with Crippen molar-refractivity contribution in [2.45, 2.75) is 40.2 Å². The minimum absolute atomic E-state index is 0.444. The Morgan fingerprint density at radius 2 is 1.69 bits per heavy atom. The Morgan fingerprint density at radius 1 is 1.12 bits per heavy atom. The molecule has 0 radical (unpaired) electrons. The molecule has 0 spiro atoms. The van der Waals surface area contributed by atoms with Gasteiger partial charge in [-0.05, 0) is 13.0 Å². The van der Waals surface area contributed by atoms with E-state index in [1.165, 1.54) is 4.31 Å². The summed E-state index contributed by atoms with van der Waals surface area (Å²) in [5.41, 5.74) is 0. The van der Waals surface area contributed by atoms with Crippen LogP contribution in [0, 0.1) is 0 Å². The Kier molecular flexibility index (Phi) is 7.91. The summed E-state index contributed by atoms with van der Waals surface area (Å²) < 4.78 is 27.4. The average molecular weight is 251 g/mol. The molecule has 0 atom stereocenters. The van der Waals surface area contributed by atoms with Gasteiger partial charge in [-0.25, -0.2) is 4.72 Å². The lowest BCUT2D eigenvalue weighted by molar-refractivity contribution is 0.433. The molecule has 0 unspecified atom stereocenters. The second-order valence-electron chi connectivity index (χ2n) is 3.95. The topological polar surface area (TPSA) is 61.4 Å². The third-order valence-electron chi connectivity index (χ3n) is 2.24. The number of nitrogens with zero attached hydrogens (tertiary/aromatic N) is 1. The third-order valence-corrected chi connectivity index (χ3v) is 4.00. The lowest BCUT2D eigenvalue weighted by Gasteiger charge is -2.18. The molecule has 0 fully saturated rings. The van der Waals surface area contributed by atoms with E-state index in [0.29, 0.717) is 25.7 Å². The van der Waals surface area contributed by atoms with Gasteiger partial charge in [0.05, 0.1) is 0 Å². The highest BCUT2D eigenvalue weighted by Crippen LogP contribution is 1.96. The van der Waals surface area contributed by atoms with Gasteiger partial charge in [-0.15, -0.1) is 0 Å². The quantitative estimate of drug-likeness (QED) is 0.588. The summed E-state index contributed by atoms with van der Waals surface area (Å²) in [6, 6.07) is 0.444. The van der Waals surface area contributed by atoms with Gasteiger partial charge in [0.2, 0.25) is 0 Å². The largest absolute Gasteiger partial charge is 0.314 e. The fourth-order valence-electron chi connectivity index (χ4n) is 1.34. The summed E-state index contributed by atoms with van der Waals surface area (Å²) >= 11 is 0. The summed E-state index contributed by atoms with van der Waals surface area (Å²) in [4.78, 5) is 0. The van der Waals surface area contributed by atoms with Crippen molar-refractivity contribution in [2.24, 2.45) is 0 Å². The van der Waals surface area contributed by atoms with Crippen LogP contribution in [0.5, 0.6) is 0 Å². The van der Waals surface area contributed by atoms with Gasteiger partial charge in [0.25, 0.3) is 10.2 Å². The molecule has 6 heteroatoms. The van der Waals surface area contributed by atoms with E-state index >= 15 is 0 Å². The molecule has 98 valence electrons. The van der Waals surface area contributed by atoms with Crippen LogP contribution in [-0.2, 0) is 10.2 Å². The fraction of sp³-hybridized carbons (Fsp3) is 1.00. The van der Waals surface area contributed by atoms with Crippen LogP contribution in [0.3, 0.4) is 0 Å². The van der Waals surface area contributed by atoms with Crippen molar-refractivity contribution < 1.29 is 8.42 Å². The number of nitrogens with one attached hydrogen (secondary N) is 2. The van der Waals surface area contributed by atoms with Crippen molar-refractivity contribution in [2.75, 3.05) is 26.2 Å². The van der Waals surface area contributed by atoms with E-state index in [2.05, 4.69) is 23.9 Å². The van der Waals surface area contributed by atoms with Crippen LogP contribution in [0.25, 0.3) is 0 Å². The van der Waals surface area contributed by atoms with Gasteiger partial charge in [0.15, 0.2) is 0 Å². The molecule has 2 N–H and O–H groups in total. The molecule has 0 aromatic rings. The molecule has 0 aromatic carbocycles. The SMILES string of the molecule is CCN(CC)S(=O)(=O)NCCCNC(C)C. The molecule has 0 rings (SSSR count). The normalized spacial score (nSPS) is 12.6. The molecule has 0 bridgehead atoms. The van der Waals surface area contributed by atoms with Gasteiger partial charge in [0.1, 0.15) is 0 Å². The van der Waals surface area contributed by atoms with Crippen molar-refractivity contribution in [3.05, 3.63) is 0 Å². The minimum Gasteiger partial charge on any atom is -0.314 e. The lowest BCUT2D eigenvalue weighted by atomic mass is 10.3. The first-order chi connectivity index (χ1) is 7.44. The van der Waals surface area contributed by atoms with Gasteiger partial charge >= 0.3 is 0 Å². The molecule has 5 nitrogen and oxygen atoms in total. The number of rotatable bonds is 9. The Balaban J connectivity index is 3.83. The fourth-order valence-corrected chi connectivity index (χ4v) is 2.60. The maximum Gasteiger partial charge on any atom is 0.279 e. The van der Waals surface area contributed by atoms with Gasteiger partial charge in [-0.1, -0.05) is 27.7 Å². The monoisotopic (exact) mass is 251 g/mol. The first-order valence-electron chi connectivity index (χ1n) is 5.92. The van der Waals surface area contributed by atoms with E-state index in [4.69, 9.17) is 0 Å². The predicted octanol–water partition coefficient (Wildman–Crippen LogP) is 0.551. The predicted molar refractivity (Wildman–Crippen MR) is 67.6 cm³/mol. The summed E-state index contributed by atoms with van der Waals surface area (Å²) in [5.74, 6) is 0. The second kappa shape index (κ2) is 8.00. The van der Waals surface area contributed by atoms with E-state index in [1.54, 1.807) is 0 Å². The van der Waals surface area contributed by atoms with E-state index < -0.39 is 10.2 Å². The molecule has 0 aliphatic carbocycles. The molecule has 0 saturated heterocycles. The standard InChI is InChI=1S/C10H25N3O2S/c1-5-13(6-2)16(14,15)12-9-7-8-11-10(3)4/h10-12H,5-9H2,1-4H3. The molecule has 0 aliphatic heterocycles. The summed E-state index contributed by atoms with van der Waals surface area (Å²) in [7, 11) is -3.27. The van der Waals surface area contributed by atoms with Crippen LogP contribution in [0.15, 0.2) is 0 Å². The third kappa shape index (κ3) is 6.42. The number of hydrogen-bond donors (Lipinski definition) is 2. The summed E-state index contributed by atoms with van der Waals surface area (Å²) in [6.45, 7) is 10.1. The summed E-state index contributed by atoms with van der Waals surface area (Å²) in [5, 5.41) is 3.24. The first kappa shape index (κ1) is 15.8. The molecule has 0 aromatic heterocycles. The highest BCUT2D eigenvalue weighted by Gasteiger charge is 2.16. The Bertz CT molecular complexity index is 261. The van der Waals surface area contributed by atoms with Crippen molar-refractivity contribution in [3.63, 3.8) is 0 Å². The zero-order chi connectivity index (χ0) is 12.6. The van der Waals surface area contributed by atoms with Crippen LogP contribution in [0.1, 0.15) is 34.1 Å². The van der Waals surface area contributed by atoms with E-state index in [9.17, 15) is 8.42 Å². The molecule has 16 heavy (non-hydrogen) atoms. The highest BCUT2D eigenvalue weighted by atomic mass is 32.2. The van der Waals surface area contributed by atoms with Crippen molar-refractivity contribution in [1.82, 2.24) is 14.3 Å². The maximum atomic E-state index is 11.7. The maximum absolute atomic E-state index is 11.7. The lowest BCUT2D eigenvalue weighted by Crippen LogP contribution is -2.41. The summed E-state index contributed by atoms with van der Waals surface area (Å²) in [6.07, 6.45) is 0.804. The van der Waals surface area contributed by atoms with E-state index in [-0.39, 0.29) is 0 Å².